The lowest BCUT2D eigenvalue weighted by atomic mass is 9.95. The van der Waals surface area contributed by atoms with Gasteiger partial charge >= 0.3 is 0 Å². The Kier molecular flexibility index (Phi) is 3.14. The maximum absolute atomic E-state index is 3.98. The van der Waals surface area contributed by atoms with Crippen LogP contribution in [0.5, 0.6) is 0 Å². The van der Waals surface area contributed by atoms with Crippen LogP contribution in [-0.2, 0) is 6.54 Å². The van der Waals surface area contributed by atoms with Gasteiger partial charge in [0.1, 0.15) is 12.2 Å². The molecule has 14 heavy (non-hydrogen) atoms. The monoisotopic (exact) mass is 194 g/mol. The number of piperidine rings is 1. The van der Waals surface area contributed by atoms with Gasteiger partial charge in [0.2, 0.25) is 0 Å². The van der Waals surface area contributed by atoms with Crippen molar-refractivity contribution in [2.45, 2.75) is 32.7 Å². The molecule has 1 aliphatic heterocycles. The molecule has 0 bridgehead atoms. The van der Waals surface area contributed by atoms with E-state index >= 15 is 0 Å². The zero-order valence-corrected chi connectivity index (χ0v) is 8.74. The summed E-state index contributed by atoms with van der Waals surface area (Å²) in [7, 11) is 0. The first-order valence-corrected chi connectivity index (χ1v) is 5.41. The third kappa shape index (κ3) is 2.32. The van der Waals surface area contributed by atoms with Gasteiger partial charge in [-0.2, -0.15) is 0 Å². The molecule has 2 rings (SSSR count). The van der Waals surface area contributed by atoms with Crippen LogP contribution in [0.2, 0.25) is 0 Å². The number of hydrogen-bond donors (Lipinski definition) is 1. The van der Waals surface area contributed by atoms with Crippen LogP contribution >= 0.6 is 0 Å². The molecule has 0 radical (unpaired) electrons. The lowest BCUT2D eigenvalue weighted by Crippen LogP contribution is -2.28. The third-order valence-corrected chi connectivity index (χ3v) is 3.05. The van der Waals surface area contributed by atoms with E-state index in [9.17, 15) is 0 Å². The second-order valence-electron chi connectivity index (χ2n) is 4.05. The Hall–Kier alpha value is -0.900. The first-order chi connectivity index (χ1) is 6.86. The first-order valence-electron chi connectivity index (χ1n) is 5.41. The Bertz CT molecular complexity index is 275. The molecule has 0 saturated carbocycles. The van der Waals surface area contributed by atoms with E-state index in [4.69, 9.17) is 0 Å². The fourth-order valence-electron chi connectivity index (χ4n) is 2.02. The zero-order chi connectivity index (χ0) is 9.80. The fourth-order valence-corrected chi connectivity index (χ4v) is 2.02. The number of hydrogen-bond acceptors (Lipinski definition) is 3. The van der Waals surface area contributed by atoms with E-state index in [1.807, 2.05) is 13.3 Å². The number of nitrogens with zero attached hydrogens (tertiary/aromatic N) is 3. The maximum Gasteiger partial charge on any atom is 0.129 e. The molecule has 0 atom stereocenters. The average molecular weight is 194 g/mol. The van der Waals surface area contributed by atoms with Gasteiger partial charge in [-0.25, -0.2) is 0 Å². The van der Waals surface area contributed by atoms with Crippen molar-refractivity contribution in [3.05, 3.63) is 12.2 Å². The Morgan fingerprint density at radius 1 is 1.50 bits per heavy atom. The molecule has 0 aliphatic carbocycles. The van der Waals surface area contributed by atoms with Gasteiger partial charge in [0.25, 0.3) is 0 Å². The lowest BCUT2D eigenvalue weighted by molar-refractivity contribution is 0.337. The summed E-state index contributed by atoms with van der Waals surface area (Å²) in [5.41, 5.74) is 0. The molecule has 1 saturated heterocycles. The van der Waals surface area contributed by atoms with Crippen molar-refractivity contribution in [3.63, 3.8) is 0 Å². The van der Waals surface area contributed by atoms with Crippen molar-refractivity contribution in [3.8, 4) is 0 Å². The van der Waals surface area contributed by atoms with Crippen LogP contribution in [0.15, 0.2) is 6.33 Å². The summed E-state index contributed by atoms with van der Waals surface area (Å²) in [5.74, 6) is 1.91. The molecule has 2 heterocycles. The summed E-state index contributed by atoms with van der Waals surface area (Å²) >= 11 is 0. The molecule has 1 aliphatic rings. The van der Waals surface area contributed by atoms with Gasteiger partial charge in [0, 0.05) is 6.54 Å². The highest BCUT2D eigenvalue weighted by Crippen LogP contribution is 2.16. The van der Waals surface area contributed by atoms with Gasteiger partial charge in [0.15, 0.2) is 0 Å². The van der Waals surface area contributed by atoms with Gasteiger partial charge in [-0.15, -0.1) is 10.2 Å². The van der Waals surface area contributed by atoms with E-state index in [-0.39, 0.29) is 0 Å². The van der Waals surface area contributed by atoms with Crippen LogP contribution in [0.3, 0.4) is 0 Å². The van der Waals surface area contributed by atoms with E-state index in [0.717, 1.165) is 18.3 Å². The molecule has 4 heteroatoms. The highest BCUT2D eigenvalue weighted by atomic mass is 15.2. The second kappa shape index (κ2) is 4.55. The smallest absolute Gasteiger partial charge is 0.129 e. The van der Waals surface area contributed by atoms with E-state index in [1.54, 1.807) is 0 Å². The van der Waals surface area contributed by atoms with Crippen molar-refractivity contribution in [1.82, 2.24) is 20.1 Å². The van der Waals surface area contributed by atoms with Crippen LogP contribution in [0.4, 0.5) is 0 Å². The van der Waals surface area contributed by atoms with Gasteiger partial charge < -0.3 is 9.88 Å². The van der Waals surface area contributed by atoms with Gasteiger partial charge in [-0.1, -0.05) is 0 Å². The molecule has 78 valence electrons. The molecule has 1 aromatic rings. The van der Waals surface area contributed by atoms with E-state index < -0.39 is 0 Å². The molecule has 0 spiro atoms. The summed E-state index contributed by atoms with van der Waals surface area (Å²) in [6, 6.07) is 0. The minimum atomic E-state index is 0.887. The normalized spacial score (nSPS) is 18.6. The molecule has 1 N–H and O–H groups in total. The number of nitrogens with one attached hydrogen (secondary N) is 1. The largest absolute Gasteiger partial charge is 0.318 e. The Balaban J connectivity index is 1.79. The third-order valence-electron chi connectivity index (χ3n) is 3.05. The van der Waals surface area contributed by atoms with Crippen molar-refractivity contribution in [2.75, 3.05) is 13.1 Å². The number of aromatic nitrogens is 3. The maximum atomic E-state index is 3.98. The summed E-state index contributed by atoms with van der Waals surface area (Å²) in [6.45, 7) is 5.45. The van der Waals surface area contributed by atoms with Gasteiger partial charge in [-0.3, -0.25) is 0 Å². The molecule has 0 unspecified atom stereocenters. The predicted molar refractivity (Wildman–Crippen MR) is 55.0 cm³/mol. The van der Waals surface area contributed by atoms with Crippen molar-refractivity contribution in [2.24, 2.45) is 5.92 Å². The average Bonchev–Trinajstić information content (AvgIpc) is 2.63. The van der Waals surface area contributed by atoms with E-state index in [0.29, 0.717) is 0 Å². The van der Waals surface area contributed by atoms with Crippen LogP contribution < -0.4 is 5.32 Å². The second-order valence-corrected chi connectivity index (χ2v) is 4.05. The standard InChI is InChI=1S/C10H18N4/c1-9-13-12-8-14(9)7-4-10-2-5-11-6-3-10/h8,10-11H,2-7H2,1H3. The van der Waals surface area contributed by atoms with Crippen molar-refractivity contribution < 1.29 is 0 Å². The summed E-state index contributed by atoms with van der Waals surface area (Å²) in [6.07, 6.45) is 5.74. The molecule has 4 nitrogen and oxygen atoms in total. The number of aryl methyl sites for hydroxylation is 2. The molecule has 1 fully saturated rings. The van der Waals surface area contributed by atoms with Crippen molar-refractivity contribution >= 4 is 0 Å². The molecule has 0 aromatic carbocycles. The van der Waals surface area contributed by atoms with Crippen LogP contribution in [0.25, 0.3) is 0 Å². The van der Waals surface area contributed by atoms with Crippen LogP contribution in [0, 0.1) is 12.8 Å². The summed E-state index contributed by atoms with van der Waals surface area (Å²) in [5, 5.41) is 11.3. The highest BCUT2D eigenvalue weighted by Gasteiger charge is 2.12. The first kappa shape index (κ1) is 9.65. The van der Waals surface area contributed by atoms with Gasteiger partial charge in [0.05, 0.1) is 0 Å². The molecule has 0 amide bonds. The molecular weight excluding hydrogens is 176 g/mol. The van der Waals surface area contributed by atoms with Gasteiger partial charge in [-0.05, 0) is 45.2 Å². The topological polar surface area (TPSA) is 42.7 Å². The Labute approximate surface area is 84.7 Å². The minimum absolute atomic E-state index is 0.887. The zero-order valence-electron chi connectivity index (χ0n) is 8.74. The van der Waals surface area contributed by atoms with E-state index in [1.165, 1.54) is 32.4 Å². The number of rotatable bonds is 3. The predicted octanol–water partition coefficient (Wildman–Crippen LogP) is 0.976. The Morgan fingerprint density at radius 3 is 2.93 bits per heavy atom. The summed E-state index contributed by atoms with van der Waals surface area (Å²) < 4.78 is 2.14. The van der Waals surface area contributed by atoms with Crippen molar-refractivity contribution in [1.29, 1.82) is 0 Å². The Morgan fingerprint density at radius 2 is 2.29 bits per heavy atom. The van der Waals surface area contributed by atoms with Crippen LogP contribution in [0.1, 0.15) is 25.1 Å². The molecular formula is C10H18N4. The minimum Gasteiger partial charge on any atom is -0.318 e. The quantitative estimate of drug-likeness (QED) is 0.780. The lowest BCUT2D eigenvalue weighted by Gasteiger charge is -2.22. The van der Waals surface area contributed by atoms with Crippen LogP contribution in [-0.4, -0.2) is 27.9 Å². The summed E-state index contributed by atoms with van der Waals surface area (Å²) in [4.78, 5) is 0. The molecule has 1 aromatic heterocycles. The fraction of sp³-hybridized carbons (Fsp3) is 0.800. The highest BCUT2D eigenvalue weighted by molar-refractivity contribution is 4.80. The van der Waals surface area contributed by atoms with E-state index in [2.05, 4.69) is 20.1 Å². The SMILES string of the molecule is Cc1nncn1CCC1CCNCC1.